The summed E-state index contributed by atoms with van der Waals surface area (Å²) in [5.41, 5.74) is 6.48. The first-order valence-electron chi connectivity index (χ1n) is 30.8. The number of esters is 4. The number of rotatable bonds is 20. The van der Waals surface area contributed by atoms with E-state index in [1.807, 2.05) is 215 Å². The molecule has 0 atom stereocenters. The Bertz CT molecular complexity index is 2470. The molecule has 0 fully saturated rings. The molecule has 0 aliphatic carbocycles. The number of phenols is 4. The third-order valence-electron chi connectivity index (χ3n) is 15.5. The van der Waals surface area contributed by atoms with Gasteiger partial charge in [-0.1, -0.05) is 215 Å². The first kappa shape index (κ1) is 71.4. The Kier molecular flexibility index (Phi) is 22.3. The summed E-state index contributed by atoms with van der Waals surface area (Å²) in [6, 6.07) is 15.5. The molecule has 0 unspecified atom stereocenters. The van der Waals surface area contributed by atoms with Gasteiger partial charge in [0.25, 0.3) is 0 Å². The van der Waals surface area contributed by atoms with Crippen LogP contribution in [0.4, 0.5) is 0 Å². The van der Waals surface area contributed by atoms with Gasteiger partial charge in [0.15, 0.2) is 0 Å². The van der Waals surface area contributed by atoms with Gasteiger partial charge in [-0.3, -0.25) is 19.2 Å². The Morgan fingerprint density at radius 3 is 0.518 bits per heavy atom. The van der Waals surface area contributed by atoms with Crippen molar-refractivity contribution >= 4 is 23.9 Å². The molecule has 0 aromatic heterocycles. The van der Waals surface area contributed by atoms with Crippen LogP contribution >= 0.6 is 0 Å². The molecule has 0 saturated heterocycles. The number of hydrogen-bond donors (Lipinski definition) is 4. The van der Waals surface area contributed by atoms with Crippen molar-refractivity contribution in [2.75, 3.05) is 0 Å². The van der Waals surface area contributed by atoms with Gasteiger partial charge in [-0.15, -0.1) is 0 Å². The van der Waals surface area contributed by atoms with E-state index in [0.717, 1.165) is 66.8 Å². The second-order valence-corrected chi connectivity index (χ2v) is 32.0. The second kappa shape index (κ2) is 26.5. The van der Waals surface area contributed by atoms with Crippen LogP contribution in [0, 0.1) is 0 Å². The molecule has 472 valence electrons. The predicted molar refractivity (Wildman–Crippen MR) is 341 cm³/mol. The zero-order valence-corrected chi connectivity index (χ0v) is 56.7. The molecule has 0 spiro atoms. The summed E-state index contributed by atoms with van der Waals surface area (Å²) < 4.78 is 23.7. The van der Waals surface area contributed by atoms with Crippen molar-refractivity contribution in [2.45, 2.75) is 293 Å². The van der Waals surface area contributed by atoms with Crippen molar-refractivity contribution in [2.24, 2.45) is 0 Å². The average Bonchev–Trinajstić information content (AvgIpc) is 3.20. The number of carbonyl (C=O) groups is 4. The van der Waals surface area contributed by atoms with Crippen LogP contribution in [0.5, 0.6) is 23.0 Å². The Morgan fingerprint density at radius 2 is 0.400 bits per heavy atom. The van der Waals surface area contributed by atoms with Crippen molar-refractivity contribution in [1.82, 2.24) is 0 Å². The minimum atomic E-state index is -3.24. The minimum Gasteiger partial charge on any atom is -0.507 e. The van der Waals surface area contributed by atoms with E-state index in [1.165, 1.54) is 0 Å². The molecule has 4 N–H and O–H groups in total. The van der Waals surface area contributed by atoms with Gasteiger partial charge in [-0.25, -0.2) is 0 Å². The highest BCUT2D eigenvalue weighted by atomic mass is 17.0. The van der Waals surface area contributed by atoms with Crippen molar-refractivity contribution in [3.8, 4) is 23.0 Å². The lowest BCUT2D eigenvalue weighted by Gasteiger charge is -2.30. The zero-order chi connectivity index (χ0) is 65.0. The lowest BCUT2D eigenvalue weighted by atomic mass is 9.78. The van der Waals surface area contributed by atoms with Crippen molar-refractivity contribution < 1.29 is 58.6 Å². The highest BCUT2D eigenvalue weighted by Gasteiger charge is 2.50. The molecule has 85 heavy (non-hydrogen) atoms. The van der Waals surface area contributed by atoms with E-state index < -0.39 is 73.4 Å². The fraction of sp³-hybridized carbons (Fsp3) is 0.616. The molecular formula is C73H108O12. The molecule has 0 bridgehead atoms. The van der Waals surface area contributed by atoms with Crippen molar-refractivity contribution in [3.05, 3.63) is 115 Å². The maximum atomic E-state index is 14.4. The number of hydrogen-bond acceptors (Lipinski definition) is 12. The van der Waals surface area contributed by atoms with Gasteiger partial charge in [-0.2, -0.15) is 0 Å². The van der Waals surface area contributed by atoms with E-state index >= 15 is 0 Å². The highest BCUT2D eigenvalue weighted by Crippen LogP contribution is 2.44. The molecule has 4 aromatic rings. The molecule has 0 aliphatic heterocycles. The number of benzene rings is 4. The Morgan fingerprint density at radius 1 is 0.271 bits per heavy atom. The molecule has 0 saturated carbocycles. The smallest absolute Gasteiger partial charge is 0.507 e. The predicted octanol–water partition coefficient (Wildman–Crippen LogP) is 17.1. The number of phenolic OH excluding ortho intramolecular Hbond substituents is 4. The number of aromatic hydroxyl groups is 4. The third kappa shape index (κ3) is 20.0. The van der Waals surface area contributed by atoms with Crippen LogP contribution in [-0.4, -0.2) is 50.5 Å². The Labute approximate surface area is 511 Å². The van der Waals surface area contributed by atoms with Gasteiger partial charge in [0.2, 0.25) is 0 Å². The summed E-state index contributed by atoms with van der Waals surface area (Å²) in [5.74, 6) is -2.94. The molecular weight excluding hydrogens is 1070 g/mol. The first-order valence-corrected chi connectivity index (χ1v) is 30.8. The molecule has 4 aromatic carbocycles. The van der Waals surface area contributed by atoms with Gasteiger partial charge in [0, 0.05) is 25.7 Å². The second-order valence-electron chi connectivity index (χ2n) is 32.0. The number of ether oxygens (including phenoxy) is 4. The first-order chi connectivity index (χ1) is 38.4. The van der Waals surface area contributed by atoms with Crippen LogP contribution < -0.4 is 0 Å². The molecule has 0 aliphatic rings. The summed E-state index contributed by atoms with van der Waals surface area (Å²) in [7, 11) is 0. The fourth-order valence-electron chi connectivity index (χ4n) is 10.6. The van der Waals surface area contributed by atoms with Crippen LogP contribution in [0.1, 0.15) is 284 Å². The number of carbonyl (C=O) groups excluding carboxylic acids is 4. The highest BCUT2D eigenvalue weighted by molar-refractivity contribution is 5.76. The summed E-state index contributed by atoms with van der Waals surface area (Å²) in [5, 5.41) is 45.7. The van der Waals surface area contributed by atoms with Crippen LogP contribution in [0.15, 0.2) is 48.5 Å². The van der Waals surface area contributed by atoms with Gasteiger partial charge in [-0.05, 0) is 161 Å². The monoisotopic (exact) mass is 1180 g/mol. The summed E-state index contributed by atoms with van der Waals surface area (Å²) >= 11 is 0. The van der Waals surface area contributed by atoms with Crippen LogP contribution in [0.25, 0.3) is 0 Å². The molecule has 12 nitrogen and oxygen atoms in total. The van der Waals surface area contributed by atoms with E-state index in [-0.39, 0.29) is 74.4 Å². The lowest BCUT2D eigenvalue weighted by molar-refractivity contribution is -0.432. The Hall–Kier alpha value is -6.04. The van der Waals surface area contributed by atoms with Gasteiger partial charge < -0.3 is 39.4 Å². The summed E-state index contributed by atoms with van der Waals surface area (Å²) in [4.78, 5) is 57.4. The van der Waals surface area contributed by atoms with Crippen molar-refractivity contribution in [1.29, 1.82) is 0 Å². The maximum Gasteiger partial charge on any atom is 0.619 e. The Balaban J connectivity index is 1.78. The number of aryl methyl sites for hydroxylation is 4. The van der Waals surface area contributed by atoms with Crippen LogP contribution in [0.3, 0.4) is 0 Å². The van der Waals surface area contributed by atoms with Crippen LogP contribution in [0.2, 0.25) is 0 Å². The van der Waals surface area contributed by atoms with Crippen molar-refractivity contribution in [3.63, 3.8) is 0 Å². The van der Waals surface area contributed by atoms with Crippen LogP contribution in [-0.2, 0) is 107 Å². The van der Waals surface area contributed by atoms with E-state index in [4.69, 9.17) is 18.9 Å². The van der Waals surface area contributed by atoms with E-state index in [9.17, 15) is 39.6 Å². The van der Waals surface area contributed by atoms with E-state index in [0.29, 0.717) is 25.7 Å². The minimum absolute atomic E-state index is 0.224. The molecule has 0 heterocycles. The van der Waals surface area contributed by atoms with E-state index in [1.54, 1.807) is 0 Å². The van der Waals surface area contributed by atoms with Gasteiger partial charge in [0.1, 0.15) is 23.0 Å². The maximum absolute atomic E-state index is 14.4. The lowest BCUT2D eigenvalue weighted by Crippen LogP contribution is -2.48. The zero-order valence-electron chi connectivity index (χ0n) is 56.7. The SMILES string of the molecule is CC(C)(C)c1cc(CCCC(=O)OC(OC(=O)CCCc2cc(C(C)(C)C)c(O)c(C(C)(C)C)c2)(OC(=O)CCCc2cc(C(C)(C)C)c(O)c(C(C)(C)C)c2)OC(=O)CCCc2cc(C(C)(C)C)c(O)c(C(C)(C)C)c2)cc(C(C)(C)C)c1O. The van der Waals surface area contributed by atoms with E-state index in [2.05, 4.69) is 0 Å². The normalized spacial score (nSPS) is 13.2. The largest absolute Gasteiger partial charge is 0.619 e. The summed E-state index contributed by atoms with van der Waals surface area (Å²) in [6.45, 7) is 48.6. The molecule has 0 radical (unpaired) electrons. The standard InChI is InChI=1S/C73H108O12/c1-65(2,3)49-37-45(38-50(61(49)78)66(4,5)6)29-25-33-57(74)82-73(83-58(75)34-26-30-46-39-51(67(7,8)9)62(79)52(40-46)68(10,11)12,84-59(76)35-27-31-47-41-53(69(13,14)15)63(80)54(42-47)70(16,17)18)85-60(77)36-28-32-48-43-55(71(19,20)21)64(81)56(44-48)72(22,23)24/h37-44,78-81H,25-36H2,1-24H3. The van der Waals surface area contributed by atoms with Gasteiger partial charge in [0.05, 0.1) is 0 Å². The summed E-state index contributed by atoms with van der Waals surface area (Å²) in [6.07, 6.45) is -1.87. The topological polar surface area (TPSA) is 186 Å². The molecule has 12 heteroatoms. The quantitative estimate of drug-likeness (QED) is 0.0485. The average molecular weight is 1180 g/mol. The third-order valence-corrected chi connectivity index (χ3v) is 15.5. The van der Waals surface area contributed by atoms with Gasteiger partial charge >= 0.3 is 30.0 Å². The fourth-order valence-corrected chi connectivity index (χ4v) is 10.6. The molecule has 0 amide bonds. The molecule has 4 rings (SSSR count).